The van der Waals surface area contributed by atoms with Crippen LogP contribution < -0.4 is 0 Å². The zero-order chi connectivity index (χ0) is 54.7. The van der Waals surface area contributed by atoms with Crippen LogP contribution in [0.25, 0.3) is 0 Å². The maximum atomic E-state index is 13.1. The molecule has 1 fully saturated rings. The van der Waals surface area contributed by atoms with Gasteiger partial charge in [0.2, 0.25) is 0 Å². The lowest BCUT2D eigenvalue weighted by atomic mass is 9.98. The molecule has 6 unspecified atom stereocenters. The molecule has 75 heavy (non-hydrogen) atoms. The summed E-state index contributed by atoms with van der Waals surface area (Å²) in [5, 5.41) is 31.4. The molecule has 0 bridgehead atoms. The van der Waals surface area contributed by atoms with Crippen molar-refractivity contribution in [2.75, 3.05) is 13.2 Å². The molecule has 424 valence electrons. The highest BCUT2D eigenvalue weighted by Crippen LogP contribution is 2.26. The molecule has 1 aliphatic rings. The quantitative estimate of drug-likeness (QED) is 0.0228. The number of aliphatic hydroxyl groups excluding tert-OH is 2. The summed E-state index contributed by atoms with van der Waals surface area (Å²) in [6, 6.07) is 0. The second-order valence-electron chi connectivity index (χ2n) is 19.2. The van der Waals surface area contributed by atoms with Gasteiger partial charge < -0.3 is 39.0 Å². The zero-order valence-corrected chi connectivity index (χ0v) is 46.5. The summed E-state index contributed by atoms with van der Waals surface area (Å²) in [5.41, 5.74) is 0. The van der Waals surface area contributed by atoms with E-state index in [-0.39, 0.29) is 25.9 Å². The first-order chi connectivity index (χ1) is 36.6. The van der Waals surface area contributed by atoms with E-state index in [0.717, 1.165) is 135 Å². The van der Waals surface area contributed by atoms with E-state index in [9.17, 15) is 34.5 Å². The standard InChI is InChI=1S/C63H100O12/c1-4-7-10-13-16-19-22-24-26-27-28-29-31-32-35-37-40-43-46-49-55(64)71-52-54(73-56(65)50-47-44-41-38-34-21-18-15-12-9-6-3)53-72-63-61(59(68)58(67)60(75-63)62(69)70)74-57(66)51-48-45-42-39-36-33-30-25-23-20-17-14-11-8-5-2/h7-8,10-11,15-20,24-26,28-30,36,39,54,58-61,63,67-68H,4-6,9,12-14,21-23,27,31-35,37-38,40-53H2,1-3H3,(H,69,70)/b10-7-,11-8-,18-15-,19-16-,20-17-,26-24-,29-28-,30-25-,39-36-. The Hall–Kier alpha value is -4.62. The molecule has 0 amide bonds. The van der Waals surface area contributed by atoms with Gasteiger partial charge in [-0.15, -0.1) is 0 Å². The Labute approximate surface area is 453 Å². The van der Waals surface area contributed by atoms with E-state index in [4.69, 9.17) is 23.7 Å². The van der Waals surface area contributed by atoms with Crippen LogP contribution in [0, 0.1) is 0 Å². The van der Waals surface area contributed by atoms with Crippen molar-refractivity contribution in [1.82, 2.24) is 0 Å². The molecule has 0 aromatic heterocycles. The van der Waals surface area contributed by atoms with Crippen molar-refractivity contribution in [2.45, 2.75) is 250 Å². The molecule has 0 saturated carbocycles. The van der Waals surface area contributed by atoms with Gasteiger partial charge in [0.05, 0.1) is 6.61 Å². The maximum Gasteiger partial charge on any atom is 0.335 e. The number of esters is 3. The first-order valence-corrected chi connectivity index (χ1v) is 28.9. The Bertz CT molecular complexity index is 1720. The monoisotopic (exact) mass is 1050 g/mol. The Kier molecular flexibility index (Phi) is 45.8. The average Bonchev–Trinajstić information content (AvgIpc) is 3.39. The average molecular weight is 1050 g/mol. The predicted octanol–water partition coefficient (Wildman–Crippen LogP) is 14.7. The van der Waals surface area contributed by atoms with Crippen molar-refractivity contribution >= 4 is 23.9 Å². The van der Waals surface area contributed by atoms with E-state index >= 15 is 0 Å². The number of carbonyl (C=O) groups is 4. The van der Waals surface area contributed by atoms with Crippen LogP contribution in [-0.2, 0) is 42.9 Å². The highest BCUT2D eigenvalue weighted by molar-refractivity contribution is 5.74. The number of hydrogen-bond acceptors (Lipinski definition) is 11. The first-order valence-electron chi connectivity index (χ1n) is 28.9. The third kappa shape index (κ3) is 40.3. The van der Waals surface area contributed by atoms with E-state index in [1.165, 1.54) is 12.8 Å². The fourth-order valence-corrected chi connectivity index (χ4v) is 7.92. The van der Waals surface area contributed by atoms with Crippen molar-refractivity contribution in [3.05, 3.63) is 109 Å². The molecule has 12 nitrogen and oxygen atoms in total. The lowest BCUT2D eigenvalue weighted by molar-refractivity contribution is -0.301. The fourth-order valence-electron chi connectivity index (χ4n) is 7.92. The van der Waals surface area contributed by atoms with Crippen molar-refractivity contribution in [3.8, 4) is 0 Å². The van der Waals surface area contributed by atoms with Gasteiger partial charge in [0.15, 0.2) is 24.6 Å². The lowest BCUT2D eigenvalue weighted by Crippen LogP contribution is -2.61. The molecule has 0 aromatic rings. The highest BCUT2D eigenvalue weighted by atomic mass is 16.7. The number of aliphatic hydroxyl groups is 2. The number of carbonyl (C=O) groups excluding carboxylic acids is 3. The van der Waals surface area contributed by atoms with Crippen LogP contribution in [0.15, 0.2) is 109 Å². The minimum absolute atomic E-state index is 0.000876. The van der Waals surface area contributed by atoms with Crippen molar-refractivity contribution in [1.29, 1.82) is 0 Å². The van der Waals surface area contributed by atoms with Gasteiger partial charge in [-0.3, -0.25) is 14.4 Å². The summed E-state index contributed by atoms with van der Waals surface area (Å²) < 4.78 is 28.3. The van der Waals surface area contributed by atoms with Crippen molar-refractivity contribution < 1.29 is 58.2 Å². The number of unbranched alkanes of at least 4 members (excludes halogenated alkanes) is 15. The van der Waals surface area contributed by atoms with Gasteiger partial charge in [0.25, 0.3) is 0 Å². The second kappa shape index (κ2) is 50.2. The minimum atomic E-state index is -1.92. The molecule has 1 aliphatic heterocycles. The van der Waals surface area contributed by atoms with E-state index in [1.807, 2.05) is 0 Å². The van der Waals surface area contributed by atoms with Gasteiger partial charge >= 0.3 is 23.9 Å². The van der Waals surface area contributed by atoms with Gasteiger partial charge in [-0.05, 0) is 116 Å². The molecular weight excluding hydrogens is 949 g/mol. The molecule has 3 N–H and O–H groups in total. The van der Waals surface area contributed by atoms with Crippen LogP contribution in [0.3, 0.4) is 0 Å². The Morgan fingerprint density at radius 2 is 0.840 bits per heavy atom. The minimum Gasteiger partial charge on any atom is -0.479 e. The normalized spacial score (nSPS) is 19.0. The molecule has 0 radical (unpaired) electrons. The molecule has 1 heterocycles. The summed E-state index contributed by atoms with van der Waals surface area (Å²) in [7, 11) is 0. The SMILES string of the molecule is CC/C=C\C/C=C\C/C=C\C/C=C\CCCCCCCCC(=O)OCC(COC1OC(C(=O)O)C(O)C(O)C1OC(=O)CCCC/C=C\C/C=C\C/C=C\C/C=C\CC)OC(=O)CCCCCCC/C=C\CCCC. The Balaban J connectivity index is 2.71. The molecule has 6 atom stereocenters. The van der Waals surface area contributed by atoms with Gasteiger partial charge in [-0.2, -0.15) is 0 Å². The summed E-state index contributed by atoms with van der Waals surface area (Å²) >= 11 is 0. The second-order valence-corrected chi connectivity index (χ2v) is 19.2. The molecule has 0 spiro atoms. The zero-order valence-electron chi connectivity index (χ0n) is 46.5. The third-order valence-electron chi connectivity index (χ3n) is 12.3. The number of allylic oxidation sites excluding steroid dienone is 18. The Morgan fingerprint density at radius 3 is 1.32 bits per heavy atom. The van der Waals surface area contributed by atoms with Crippen LogP contribution in [0.4, 0.5) is 0 Å². The number of hydrogen-bond donors (Lipinski definition) is 3. The molecule has 1 rings (SSSR count). The van der Waals surface area contributed by atoms with Gasteiger partial charge in [0, 0.05) is 19.3 Å². The molecule has 0 aromatic carbocycles. The fraction of sp³-hybridized carbons (Fsp3) is 0.651. The molecule has 1 saturated heterocycles. The lowest BCUT2D eigenvalue weighted by Gasteiger charge is -2.40. The van der Waals surface area contributed by atoms with E-state index < -0.39 is 67.3 Å². The molecular formula is C63H100O12. The van der Waals surface area contributed by atoms with Gasteiger partial charge in [-0.25, -0.2) is 4.79 Å². The van der Waals surface area contributed by atoms with E-state index in [0.29, 0.717) is 25.7 Å². The number of carboxylic acids is 1. The largest absolute Gasteiger partial charge is 0.479 e. The van der Waals surface area contributed by atoms with Crippen LogP contribution in [0.1, 0.15) is 213 Å². The van der Waals surface area contributed by atoms with E-state index in [2.05, 4.69) is 130 Å². The molecule has 12 heteroatoms. The third-order valence-corrected chi connectivity index (χ3v) is 12.3. The maximum absolute atomic E-state index is 13.1. The highest BCUT2D eigenvalue weighted by Gasteiger charge is 2.50. The number of aliphatic carboxylic acids is 1. The van der Waals surface area contributed by atoms with Crippen LogP contribution in [-0.4, -0.2) is 89.2 Å². The van der Waals surface area contributed by atoms with Crippen LogP contribution in [0.2, 0.25) is 0 Å². The topological polar surface area (TPSA) is 175 Å². The van der Waals surface area contributed by atoms with Crippen LogP contribution >= 0.6 is 0 Å². The van der Waals surface area contributed by atoms with Crippen LogP contribution in [0.5, 0.6) is 0 Å². The van der Waals surface area contributed by atoms with Gasteiger partial charge in [-0.1, -0.05) is 188 Å². The predicted molar refractivity (Wildman–Crippen MR) is 303 cm³/mol. The number of carboxylic acid groups (broad SMARTS) is 1. The van der Waals surface area contributed by atoms with Gasteiger partial charge in [0.1, 0.15) is 18.8 Å². The number of rotatable bonds is 47. The van der Waals surface area contributed by atoms with Crippen molar-refractivity contribution in [2.24, 2.45) is 0 Å². The number of ether oxygens (including phenoxy) is 5. The van der Waals surface area contributed by atoms with Crippen molar-refractivity contribution in [3.63, 3.8) is 0 Å². The summed E-state index contributed by atoms with van der Waals surface area (Å²) in [5.74, 6) is -3.22. The summed E-state index contributed by atoms with van der Waals surface area (Å²) in [6.07, 6.45) is 55.0. The van der Waals surface area contributed by atoms with E-state index in [1.54, 1.807) is 0 Å². The smallest absolute Gasteiger partial charge is 0.335 e. The molecule has 0 aliphatic carbocycles. The Morgan fingerprint density at radius 1 is 0.453 bits per heavy atom. The summed E-state index contributed by atoms with van der Waals surface area (Å²) in [4.78, 5) is 51.0. The first kappa shape index (κ1) is 68.4. The summed E-state index contributed by atoms with van der Waals surface area (Å²) in [6.45, 7) is 5.67.